The van der Waals surface area contributed by atoms with Crippen molar-refractivity contribution in [3.05, 3.63) is 0 Å². The number of carbonyl (C=O) groups is 2. The lowest BCUT2D eigenvalue weighted by Crippen LogP contribution is -2.20. The van der Waals surface area contributed by atoms with E-state index in [1.54, 1.807) is 50.2 Å². The molecule has 0 bridgehead atoms. The van der Waals surface area contributed by atoms with Crippen molar-refractivity contribution < 1.29 is 23.8 Å². The standard InChI is InChI=1S/C5H11NO2S2.C5H10O3S2/c1-6-5(7)8-3-4-10-9-2;1-7-5(6)8-3-4-10-9-2/h3-4H2,1-2H3,(H,6,7);3-4H2,1-2H3. The smallest absolute Gasteiger partial charge is 0.449 e. The van der Waals surface area contributed by atoms with Crippen LogP contribution in [-0.2, 0) is 14.2 Å². The number of methoxy groups -OCH3 is 1. The second-order valence-electron chi connectivity index (χ2n) is 2.67. The van der Waals surface area contributed by atoms with Crippen LogP contribution in [0.15, 0.2) is 0 Å². The molecule has 0 fully saturated rings. The van der Waals surface area contributed by atoms with Crippen molar-refractivity contribution in [1.29, 1.82) is 0 Å². The molecule has 0 aromatic carbocycles. The molecule has 10 heteroatoms. The number of nitrogens with one attached hydrogen (secondary N) is 1. The second kappa shape index (κ2) is 18.9. The highest BCUT2D eigenvalue weighted by molar-refractivity contribution is 8.76. The largest absolute Gasteiger partial charge is 0.508 e. The monoisotopic (exact) mass is 363 g/mol. The van der Waals surface area contributed by atoms with Crippen LogP contribution < -0.4 is 5.32 Å². The normalized spacial score (nSPS) is 9.00. The fourth-order valence-electron chi connectivity index (χ4n) is 0.625. The summed E-state index contributed by atoms with van der Waals surface area (Å²) >= 11 is 0. The highest BCUT2D eigenvalue weighted by atomic mass is 33.1. The molecule has 0 aromatic heterocycles. The van der Waals surface area contributed by atoms with E-state index in [-0.39, 0.29) is 6.09 Å². The van der Waals surface area contributed by atoms with E-state index >= 15 is 0 Å². The zero-order valence-electron chi connectivity index (χ0n) is 12.0. The van der Waals surface area contributed by atoms with Gasteiger partial charge < -0.3 is 19.5 Å². The molecule has 0 radical (unpaired) electrons. The van der Waals surface area contributed by atoms with E-state index in [1.165, 1.54) is 7.11 Å². The molecular weight excluding hydrogens is 342 g/mol. The molecular formula is C10H21NO5S4. The molecule has 1 amide bonds. The molecule has 0 atom stereocenters. The number of amides is 1. The van der Waals surface area contributed by atoms with Crippen molar-refractivity contribution in [2.75, 3.05) is 51.4 Å². The maximum absolute atomic E-state index is 10.4. The van der Waals surface area contributed by atoms with Crippen molar-refractivity contribution in [1.82, 2.24) is 5.32 Å². The summed E-state index contributed by atoms with van der Waals surface area (Å²) in [4.78, 5) is 20.7. The lowest BCUT2D eigenvalue weighted by Gasteiger charge is -2.00. The molecule has 0 aliphatic carbocycles. The minimum Gasteiger partial charge on any atom is -0.449 e. The summed E-state index contributed by atoms with van der Waals surface area (Å²) in [6.07, 6.45) is 3.00. The average molecular weight is 364 g/mol. The Morgan fingerprint density at radius 3 is 1.90 bits per heavy atom. The zero-order chi connectivity index (χ0) is 15.6. The van der Waals surface area contributed by atoms with Crippen LogP contribution in [0, 0.1) is 0 Å². The summed E-state index contributed by atoms with van der Waals surface area (Å²) in [6.45, 7) is 0.892. The Kier molecular flexibility index (Phi) is 21.0. The van der Waals surface area contributed by atoms with Gasteiger partial charge in [-0.25, -0.2) is 9.59 Å². The Bertz CT molecular complexity index is 222. The van der Waals surface area contributed by atoms with Gasteiger partial charge in [0.2, 0.25) is 0 Å². The zero-order valence-corrected chi connectivity index (χ0v) is 15.3. The fraction of sp³-hybridized carbons (Fsp3) is 0.800. The molecule has 120 valence electrons. The van der Waals surface area contributed by atoms with Gasteiger partial charge in [-0.15, -0.1) is 0 Å². The molecule has 0 saturated heterocycles. The molecule has 0 aliphatic heterocycles. The quantitative estimate of drug-likeness (QED) is 0.397. The van der Waals surface area contributed by atoms with Gasteiger partial charge in [0.05, 0.1) is 7.11 Å². The Labute approximate surface area is 136 Å². The van der Waals surface area contributed by atoms with Gasteiger partial charge in [-0.2, -0.15) is 0 Å². The van der Waals surface area contributed by atoms with Crippen LogP contribution in [0.1, 0.15) is 0 Å². The second-order valence-corrected chi connectivity index (χ2v) is 8.03. The first kappa shape index (κ1) is 22.2. The van der Waals surface area contributed by atoms with Crippen molar-refractivity contribution in [3.63, 3.8) is 0 Å². The van der Waals surface area contributed by atoms with E-state index in [0.717, 1.165) is 11.5 Å². The summed E-state index contributed by atoms with van der Waals surface area (Å²) < 4.78 is 13.6. The van der Waals surface area contributed by atoms with Gasteiger partial charge in [0, 0.05) is 18.6 Å². The number of hydrogen-bond donors (Lipinski definition) is 1. The predicted octanol–water partition coefficient (Wildman–Crippen LogP) is 3.13. The Balaban J connectivity index is 0. The maximum atomic E-state index is 10.4. The summed E-state index contributed by atoms with van der Waals surface area (Å²) in [5.74, 6) is 1.64. The van der Waals surface area contributed by atoms with E-state index < -0.39 is 6.16 Å². The van der Waals surface area contributed by atoms with Crippen molar-refractivity contribution >= 4 is 55.4 Å². The van der Waals surface area contributed by atoms with Crippen molar-refractivity contribution in [2.24, 2.45) is 0 Å². The first-order chi connectivity index (χ1) is 9.62. The number of ether oxygens (including phenoxy) is 3. The molecule has 0 aromatic rings. The summed E-state index contributed by atoms with van der Waals surface area (Å²) in [7, 11) is 9.47. The van der Waals surface area contributed by atoms with Gasteiger partial charge in [-0.1, -0.05) is 43.2 Å². The van der Waals surface area contributed by atoms with Gasteiger partial charge in [-0.05, 0) is 12.5 Å². The minimum absolute atomic E-state index is 0.360. The van der Waals surface area contributed by atoms with E-state index in [1.807, 2.05) is 12.5 Å². The molecule has 0 aliphatic rings. The summed E-state index contributed by atoms with van der Waals surface area (Å²) in [5, 5.41) is 2.36. The van der Waals surface area contributed by atoms with Crippen LogP contribution in [0.4, 0.5) is 9.59 Å². The van der Waals surface area contributed by atoms with Crippen LogP contribution in [0.3, 0.4) is 0 Å². The number of hydrogen-bond acceptors (Lipinski definition) is 9. The highest BCUT2D eigenvalue weighted by Crippen LogP contribution is 2.15. The van der Waals surface area contributed by atoms with Crippen LogP contribution in [0.5, 0.6) is 0 Å². The average Bonchev–Trinajstić information content (AvgIpc) is 2.48. The molecule has 0 saturated carbocycles. The molecule has 0 heterocycles. The lowest BCUT2D eigenvalue weighted by atomic mass is 10.8. The van der Waals surface area contributed by atoms with Gasteiger partial charge in [0.15, 0.2) is 0 Å². The van der Waals surface area contributed by atoms with Gasteiger partial charge in [-0.3, -0.25) is 0 Å². The maximum Gasteiger partial charge on any atom is 0.508 e. The molecule has 1 N–H and O–H groups in total. The number of carbonyl (C=O) groups excluding carboxylic acids is 2. The molecule has 0 rings (SSSR count). The SMILES string of the molecule is CNC(=O)OCCSSC.COC(=O)OCCSSC. The lowest BCUT2D eigenvalue weighted by molar-refractivity contribution is 0.0779. The molecule has 20 heavy (non-hydrogen) atoms. The van der Waals surface area contributed by atoms with E-state index in [0.29, 0.717) is 13.2 Å². The third-order valence-electron chi connectivity index (χ3n) is 1.39. The molecule has 0 spiro atoms. The number of alkyl carbamates (subject to hydrolysis) is 1. The predicted molar refractivity (Wildman–Crippen MR) is 90.7 cm³/mol. The first-order valence-corrected chi connectivity index (χ1v) is 10.9. The van der Waals surface area contributed by atoms with Crippen LogP contribution in [-0.4, -0.2) is 63.6 Å². The van der Waals surface area contributed by atoms with Crippen molar-refractivity contribution in [3.8, 4) is 0 Å². The third kappa shape index (κ3) is 20.3. The topological polar surface area (TPSA) is 73.9 Å². The number of rotatable bonds is 8. The molecule has 6 nitrogen and oxygen atoms in total. The Morgan fingerprint density at radius 2 is 1.50 bits per heavy atom. The fourth-order valence-corrected chi connectivity index (χ4v) is 2.67. The van der Waals surface area contributed by atoms with Crippen LogP contribution >= 0.6 is 43.2 Å². The first-order valence-electron chi connectivity index (χ1n) is 5.48. The van der Waals surface area contributed by atoms with Crippen LogP contribution in [0.25, 0.3) is 0 Å². The summed E-state index contributed by atoms with van der Waals surface area (Å²) in [5.41, 5.74) is 0. The van der Waals surface area contributed by atoms with E-state index in [9.17, 15) is 9.59 Å². The third-order valence-corrected chi connectivity index (χ3v) is 4.95. The van der Waals surface area contributed by atoms with Gasteiger partial charge in [0.1, 0.15) is 13.2 Å². The van der Waals surface area contributed by atoms with Gasteiger partial charge >= 0.3 is 12.2 Å². The minimum atomic E-state index is -0.610. The highest BCUT2D eigenvalue weighted by Gasteiger charge is 1.97. The van der Waals surface area contributed by atoms with E-state index in [4.69, 9.17) is 4.74 Å². The molecule has 0 unspecified atom stereocenters. The van der Waals surface area contributed by atoms with Crippen molar-refractivity contribution in [2.45, 2.75) is 0 Å². The Hall–Kier alpha value is -0.0600. The van der Waals surface area contributed by atoms with Gasteiger partial charge in [0.25, 0.3) is 0 Å². The summed E-state index contributed by atoms with van der Waals surface area (Å²) in [6, 6.07) is 0. The Morgan fingerprint density at radius 1 is 1.00 bits per heavy atom. The van der Waals surface area contributed by atoms with E-state index in [2.05, 4.69) is 14.8 Å². The van der Waals surface area contributed by atoms with Crippen LogP contribution in [0.2, 0.25) is 0 Å².